The highest BCUT2D eigenvalue weighted by Gasteiger charge is 2.13. The first-order valence-electron chi connectivity index (χ1n) is 10.1. The van der Waals surface area contributed by atoms with Gasteiger partial charge in [-0.05, 0) is 61.7 Å². The molecule has 0 aliphatic rings. The van der Waals surface area contributed by atoms with Crippen molar-refractivity contribution in [2.24, 2.45) is 5.73 Å². The number of ether oxygens (including phenoxy) is 2. The van der Waals surface area contributed by atoms with Crippen molar-refractivity contribution in [1.82, 2.24) is 9.88 Å². The van der Waals surface area contributed by atoms with Gasteiger partial charge in [0.15, 0.2) is 0 Å². The van der Waals surface area contributed by atoms with Crippen LogP contribution in [0.15, 0.2) is 53.3 Å². The molecule has 1 amide bonds. The summed E-state index contributed by atoms with van der Waals surface area (Å²) in [6.45, 7) is 5.17. The van der Waals surface area contributed by atoms with E-state index in [9.17, 15) is 9.59 Å². The Morgan fingerprint density at radius 1 is 1.16 bits per heavy atom. The maximum atomic E-state index is 13.2. The van der Waals surface area contributed by atoms with Crippen molar-refractivity contribution in [2.45, 2.75) is 33.0 Å². The summed E-state index contributed by atoms with van der Waals surface area (Å²) in [7, 11) is 0. The Kier molecular flexibility index (Phi) is 7.68. The second-order valence-corrected chi connectivity index (χ2v) is 7.54. The maximum absolute atomic E-state index is 13.2. The van der Waals surface area contributed by atoms with E-state index >= 15 is 0 Å². The van der Waals surface area contributed by atoms with Crippen LogP contribution in [-0.2, 0) is 22.6 Å². The van der Waals surface area contributed by atoms with E-state index < -0.39 is 11.9 Å². The number of hydrogen-bond donors (Lipinski definition) is 2. The Labute approximate surface area is 185 Å². The molecule has 31 heavy (non-hydrogen) atoms. The van der Waals surface area contributed by atoms with Gasteiger partial charge in [0.1, 0.15) is 11.5 Å². The fraction of sp³-hybridized carbons (Fsp3) is 0.304. The van der Waals surface area contributed by atoms with Gasteiger partial charge in [-0.1, -0.05) is 11.6 Å². The molecule has 0 saturated heterocycles. The Hall–Kier alpha value is -2.87. The first-order valence-corrected chi connectivity index (χ1v) is 10.5. The molecular weight excluding hydrogens is 418 g/mol. The van der Waals surface area contributed by atoms with E-state index in [-0.39, 0.29) is 12.1 Å². The molecule has 0 bridgehead atoms. The number of nitrogens with one attached hydrogen (secondary N) is 1. The third-order valence-corrected chi connectivity index (χ3v) is 5.13. The standard InChI is InChI=1S/C23H26ClN3O4/c1-3-30-11-10-27-21-13-20(31-19-8-5-18(24)6-9-19)7-4-16(21)12-17(23(27)29)14-26-15(2)22(25)28/h4-9,12-13,15,26H,3,10-11,14H2,1-2H3,(H2,25,28). The zero-order chi connectivity index (χ0) is 22.4. The summed E-state index contributed by atoms with van der Waals surface area (Å²) < 4.78 is 13.1. The number of rotatable bonds is 10. The summed E-state index contributed by atoms with van der Waals surface area (Å²) in [5.41, 5.74) is 6.44. The number of carbonyl (C=O) groups is 1. The third kappa shape index (κ3) is 5.85. The molecule has 3 N–H and O–H groups in total. The maximum Gasteiger partial charge on any atom is 0.255 e. The molecule has 8 heteroatoms. The number of nitrogens with two attached hydrogens (primary N) is 1. The van der Waals surface area contributed by atoms with Crippen molar-refractivity contribution in [3.05, 3.63) is 69.5 Å². The highest BCUT2D eigenvalue weighted by atomic mass is 35.5. The zero-order valence-electron chi connectivity index (χ0n) is 17.6. The van der Waals surface area contributed by atoms with Crippen LogP contribution in [0.2, 0.25) is 5.02 Å². The number of amides is 1. The van der Waals surface area contributed by atoms with Gasteiger partial charge in [0.2, 0.25) is 5.91 Å². The third-order valence-electron chi connectivity index (χ3n) is 4.88. The van der Waals surface area contributed by atoms with Crippen molar-refractivity contribution in [1.29, 1.82) is 0 Å². The lowest BCUT2D eigenvalue weighted by Gasteiger charge is -2.16. The summed E-state index contributed by atoms with van der Waals surface area (Å²) >= 11 is 5.93. The second-order valence-electron chi connectivity index (χ2n) is 7.10. The minimum atomic E-state index is -0.540. The van der Waals surface area contributed by atoms with Gasteiger partial charge in [-0.2, -0.15) is 0 Å². The summed E-state index contributed by atoms with van der Waals surface area (Å²) in [4.78, 5) is 24.5. The van der Waals surface area contributed by atoms with Gasteiger partial charge in [-0.25, -0.2) is 0 Å². The van der Waals surface area contributed by atoms with Gasteiger partial charge in [-0.15, -0.1) is 0 Å². The van der Waals surface area contributed by atoms with Crippen LogP contribution in [0.1, 0.15) is 19.4 Å². The topological polar surface area (TPSA) is 95.6 Å². The number of fused-ring (bicyclic) bond motifs is 1. The molecule has 0 aliphatic carbocycles. The molecule has 0 radical (unpaired) electrons. The van der Waals surface area contributed by atoms with Crippen molar-refractivity contribution in [3.63, 3.8) is 0 Å². The first kappa shape index (κ1) is 22.8. The van der Waals surface area contributed by atoms with Crippen LogP contribution < -0.4 is 21.3 Å². The van der Waals surface area contributed by atoms with Crippen LogP contribution in [0.3, 0.4) is 0 Å². The van der Waals surface area contributed by atoms with E-state index in [2.05, 4.69) is 5.32 Å². The molecule has 2 aromatic carbocycles. The normalized spacial score (nSPS) is 12.1. The minimum Gasteiger partial charge on any atom is -0.457 e. The molecule has 1 unspecified atom stereocenters. The van der Waals surface area contributed by atoms with E-state index in [1.807, 2.05) is 31.2 Å². The molecule has 7 nitrogen and oxygen atoms in total. The highest BCUT2D eigenvalue weighted by molar-refractivity contribution is 6.30. The van der Waals surface area contributed by atoms with Gasteiger partial charge in [-0.3, -0.25) is 9.59 Å². The predicted octanol–water partition coefficient (Wildman–Crippen LogP) is 3.45. The summed E-state index contributed by atoms with van der Waals surface area (Å²) in [5, 5.41) is 4.50. The molecule has 3 aromatic rings. The molecule has 0 spiro atoms. The van der Waals surface area contributed by atoms with E-state index in [1.165, 1.54) is 0 Å². The summed E-state index contributed by atoms with van der Waals surface area (Å²) in [6, 6.07) is 13.9. The SMILES string of the molecule is CCOCCn1c(=O)c(CNC(C)C(N)=O)cc2ccc(Oc3ccc(Cl)cc3)cc21. The van der Waals surface area contributed by atoms with E-state index in [0.717, 1.165) is 10.9 Å². The number of aromatic nitrogens is 1. The van der Waals surface area contributed by atoms with Gasteiger partial charge in [0.25, 0.3) is 5.56 Å². The van der Waals surface area contributed by atoms with Crippen LogP contribution in [0.4, 0.5) is 0 Å². The zero-order valence-corrected chi connectivity index (χ0v) is 18.3. The Bertz CT molecular complexity index is 1110. The van der Waals surface area contributed by atoms with Crippen molar-refractivity contribution >= 4 is 28.4 Å². The van der Waals surface area contributed by atoms with Crippen LogP contribution in [-0.4, -0.2) is 29.7 Å². The van der Waals surface area contributed by atoms with E-state index in [4.69, 9.17) is 26.8 Å². The predicted molar refractivity (Wildman–Crippen MR) is 122 cm³/mol. The number of hydrogen-bond acceptors (Lipinski definition) is 5. The molecule has 1 heterocycles. The Balaban J connectivity index is 1.97. The molecule has 0 fully saturated rings. The lowest BCUT2D eigenvalue weighted by Crippen LogP contribution is -2.39. The van der Waals surface area contributed by atoms with Gasteiger partial charge in [0, 0.05) is 36.3 Å². The largest absolute Gasteiger partial charge is 0.457 e. The average molecular weight is 444 g/mol. The smallest absolute Gasteiger partial charge is 0.255 e. The van der Waals surface area contributed by atoms with Crippen LogP contribution in [0.25, 0.3) is 10.9 Å². The molecular formula is C23H26ClN3O4. The van der Waals surface area contributed by atoms with Gasteiger partial charge in [0.05, 0.1) is 18.2 Å². The fourth-order valence-corrected chi connectivity index (χ4v) is 3.25. The van der Waals surface area contributed by atoms with E-state index in [1.54, 1.807) is 35.8 Å². The molecule has 0 saturated carbocycles. The Morgan fingerprint density at radius 3 is 2.55 bits per heavy atom. The quantitative estimate of drug-likeness (QED) is 0.468. The van der Waals surface area contributed by atoms with Crippen molar-refractivity contribution < 1.29 is 14.3 Å². The molecule has 0 aliphatic heterocycles. The second kappa shape index (κ2) is 10.4. The molecule has 164 valence electrons. The summed E-state index contributed by atoms with van der Waals surface area (Å²) in [5.74, 6) is 0.780. The van der Waals surface area contributed by atoms with Crippen LogP contribution in [0, 0.1) is 0 Å². The number of primary amides is 1. The Morgan fingerprint density at radius 2 is 1.87 bits per heavy atom. The monoisotopic (exact) mass is 443 g/mol. The van der Waals surface area contributed by atoms with Crippen LogP contribution >= 0.6 is 11.6 Å². The number of pyridine rings is 1. The first-order chi connectivity index (χ1) is 14.9. The number of benzene rings is 2. The summed E-state index contributed by atoms with van der Waals surface area (Å²) in [6.07, 6.45) is 0. The van der Waals surface area contributed by atoms with Crippen LogP contribution in [0.5, 0.6) is 11.5 Å². The number of halogens is 1. The lowest BCUT2D eigenvalue weighted by molar-refractivity contribution is -0.119. The van der Waals surface area contributed by atoms with Crippen molar-refractivity contribution in [2.75, 3.05) is 13.2 Å². The van der Waals surface area contributed by atoms with Crippen molar-refractivity contribution in [3.8, 4) is 11.5 Å². The molecule has 1 atom stereocenters. The number of nitrogens with zero attached hydrogens (tertiary/aromatic N) is 1. The lowest BCUT2D eigenvalue weighted by atomic mass is 10.1. The van der Waals surface area contributed by atoms with Gasteiger partial charge >= 0.3 is 0 Å². The average Bonchev–Trinajstić information content (AvgIpc) is 2.75. The minimum absolute atomic E-state index is 0.153. The van der Waals surface area contributed by atoms with Gasteiger partial charge < -0.3 is 25.1 Å². The number of carbonyl (C=O) groups excluding carboxylic acids is 1. The highest BCUT2D eigenvalue weighted by Crippen LogP contribution is 2.26. The fourth-order valence-electron chi connectivity index (χ4n) is 3.13. The molecule has 3 rings (SSSR count). The molecule has 1 aromatic heterocycles. The van der Waals surface area contributed by atoms with E-state index in [0.29, 0.717) is 41.8 Å².